The Morgan fingerprint density at radius 3 is 2.06 bits per heavy atom. The van der Waals surface area contributed by atoms with E-state index in [0.717, 1.165) is 12.8 Å². The average Bonchev–Trinajstić information content (AvgIpc) is 2.36. The Morgan fingerprint density at radius 1 is 1.06 bits per heavy atom. The zero-order valence-electron chi connectivity index (χ0n) is 12.2. The van der Waals surface area contributed by atoms with Crippen LogP contribution < -0.4 is 0 Å². The number of carbonyl (C=O) groups excluding carboxylic acids is 1. The van der Waals surface area contributed by atoms with E-state index in [1.54, 1.807) is 0 Å². The largest absolute Gasteiger partial charge is 0.460 e. The molecule has 0 aliphatic rings. The fraction of sp³-hybridized carbons (Fsp3) is 0.812. The Balaban J connectivity index is 3.19. The van der Waals surface area contributed by atoms with Gasteiger partial charge in [0.1, 0.15) is 0 Å². The second kappa shape index (κ2) is 12.7. The molecule has 0 spiro atoms. The van der Waals surface area contributed by atoms with Crippen molar-refractivity contribution in [3.63, 3.8) is 0 Å². The number of esters is 1. The molecule has 0 amide bonds. The minimum absolute atomic E-state index is 0.0278. The molecule has 0 aromatic rings. The van der Waals surface area contributed by atoms with Crippen LogP contribution in [0.2, 0.25) is 0 Å². The number of hydrogen-bond donors (Lipinski definition) is 0. The number of hydrogen-bond acceptors (Lipinski definition) is 2. The number of ether oxygens (including phenoxy) is 1. The van der Waals surface area contributed by atoms with Gasteiger partial charge in [-0.1, -0.05) is 64.9 Å². The van der Waals surface area contributed by atoms with Crippen molar-refractivity contribution in [2.45, 2.75) is 84.2 Å². The molecule has 106 valence electrons. The van der Waals surface area contributed by atoms with Crippen LogP contribution in [0.25, 0.3) is 0 Å². The van der Waals surface area contributed by atoms with E-state index in [0.29, 0.717) is 0 Å². The van der Waals surface area contributed by atoms with Crippen LogP contribution in [0.5, 0.6) is 0 Å². The zero-order chi connectivity index (χ0) is 13.6. The summed E-state index contributed by atoms with van der Waals surface area (Å²) in [4.78, 5) is 10.9. The molecule has 0 radical (unpaired) electrons. The van der Waals surface area contributed by atoms with Gasteiger partial charge in [0.25, 0.3) is 0 Å². The lowest BCUT2D eigenvalue weighted by Gasteiger charge is -2.11. The van der Waals surface area contributed by atoms with E-state index >= 15 is 0 Å². The van der Waals surface area contributed by atoms with Gasteiger partial charge in [-0.15, -0.1) is 0 Å². The van der Waals surface area contributed by atoms with Crippen LogP contribution in [-0.4, -0.2) is 12.1 Å². The molecular weight excluding hydrogens is 224 g/mol. The van der Waals surface area contributed by atoms with Crippen molar-refractivity contribution < 1.29 is 9.53 Å². The van der Waals surface area contributed by atoms with Crippen LogP contribution in [0, 0.1) is 0 Å². The molecule has 0 aromatic heterocycles. The second-order valence-corrected chi connectivity index (χ2v) is 5.07. The third-order valence-corrected chi connectivity index (χ3v) is 3.20. The van der Waals surface area contributed by atoms with Crippen LogP contribution in [0.3, 0.4) is 0 Å². The van der Waals surface area contributed by atoms with Crippen LogP contribution in [-0.2, 0) is 9.53 Å². The molecule has 1 atom stereocenters. The Hall–Kier alpha value is -0.790. The van der Waals surface area contributed by atoms with Crippen LogP contribution >= 0.6 is 0 Å². The highest BCUT2D eigenvalue weighted by Gasteiger charge is 2.05. The van der Waals surface area contributed by atoms with Crippen molar-refractivity contribution in [2.24, 2.45) is 0 Å². The number of rotatable bonds is 12. The van der Waals surface area contributed by atoms with Gasteiger partial charge in [-0.2, -0.15) is 0 Å². The second-order valence-electron chi connectivity index (χ2n) is 5.07. The third kappa shape index (κ3) is 11.7. The van der Waals surface area contributed by atoms with E-state index in [4.69, 9.17) is 4.74 Å². The first-order valence-corrected chi connectivity index (χ1v) is 7.53. The Kier molecular flexibility index (Phi) is 12.1. The molecule has 0 saturated heterocycles. The van der Waals surface area contributed by atoms with Gasteiger partial charge in [-0.25, -0.2) is 4.79 Å². The molecule has 2 nitrogen and oxygen atoms in total. The summed E-state index contributed by atoms with van der Waals surface area (Å²) in [7, 11) is 0. The standard InChI is InChI=1S/C16H30O2/c1-4-6-7-8-9-10-11-12-13-14-15(3)18-16(17)5-2/h5,15H,2,4,6-14H2,1,3H3. The van der Waals surface area contributed by atoms with E-state index in [-0.39, 0.29) is 12.1 Å². The fourth-order valence-electron chi connectivity index (χ4n) is 2.05. The van der Waals surface area contributed by atoms with Crippen LogP contribution in [0.1, 0.15) is 78.1 Å². The Labute approximate surface area is 113 Å². The molecule has 0 rings (SSSR count). The SMILES string of the molecule is C=CC(=O)OC(C)CCCCCCCCCCC. The van der Waals surface area contributed by atoms with Gasteiger partial charge < -0.3 is 4.74 Å². The van der Waals surface area contributed by atoms with E-state index in [2.05, 4.69) is 13.5 Å². The molecule has 0 aromatic carbocycles. The molecule has 2 heteroatoms. The predicted octanol–water partition coefficient (Wildman–Crippen LogP) is 5.03. The van der Waals surface area contributed by atoms with Gasteiger partial charge in [0.15, 0.2) is 0 Å². The summed E-state index contributed by atoms with van der Waals surface area (Å²) >= 11 is 0. The number of unbranched alkanes of at least 4 members (excludes halogenated alkanes) is 8. The van der Waals surface area contributed by atoms with Crippen LogP contribution in [0.4, 0.5) is 0 Å². The lowest BCUT2D eigenvalue weighted by atomic mass is 10.1. The summed E-state index contributed by atoms with van der Waals surface area (Å²) in [6, 6.07) is 0. The fourth-order valence-corrected chi connectivity index (χ4v) is 2.05. The first kappa shape index (κ1) is 17.2. The normalized spacial score (nSPS) is 12.1. The third-order valence-electron chi connectivity index (χ3n) is 3.20. The average molecular weight is 254 g/mol. The Bertz CT molecular complexity index is 211. The van der Waals surface area contributed by atoms with Crippen molar-refractivity contribution in [3.05, 3.63) is 12.7 Å². The Morgan fingerprint density at radius 2 is 1.56 bits per heavy atom. The monoisotopic (exact) mass is 254 g/mol. The number of carbonyl (C=O) groups is 1. The molecular formula is C16H30O2. The van der Waals surface area contributed by atoms with Crippen molar-refractivity contribution >= 4 is 5.97 Å². The summed E-state index contributed by atoms with van der Waals surface area (Å²) in [6.45, 7) is 7.59. The van der Waals surface area contributed by atoms with Gasteiger partial charge in [0.05, 0.1) is 6.10 Å². The molecule has 0 N–H and O–H groups in total. The molecule has 1 unspecified atom stereocenters. The maximum absolute atomic E-state index is 10.9. The van der Waals surface area contributed by atoms with E-state index < -0.39 is 0 Å². The van der Waals surface area contributed by atoms with Gasteiger partial charge in [-0.3, -0.25) is 0 Å². The van der Waals surface area contributed by atoms with Gasteiger partial charge in [0, 0.05) is 6.08 Å². The van der Waals surface area contributed by atoms with Crippen molar-refractivity contribution in [1.82, 2.24) is 0 Å². The first-order valence-electron chi connectivity index (χ1n) is 7.53. The molecule has 0 fully saturated rings. The zero-order valence-corrected chi connectivity index (χ0v) is 12.2. The first-order chi connectivity index (χ1) is 8.70. The topological polar surface area (TPSA) is 26.3 Å². The molecule has 0 heterocycles. The smallest absolute Gasteiger partial charge is 0.330 e. The van der Waals surface area contributed by atoms with Crippen LogP contribution in [0.15, 0.2) is 12.7 Å². The highest BCUT2D eigenvalue weighted by Crippen LogP contribution is 2.12. The quantitative estimate of drug-likeness (QED) is 0.277. The molecule has 0 aliphatic heterocycles. The van der Waals surface area contributed by atoms with E-state index in [1.807, 2.05) is 6.92 Å². The maximum Gasteiger partial charge on any atom is 0.330 e. The molecule has 18 heavy (non-hydrogen) atoms. The summed E-state index contributed by atoms with van der Waals surface area (Å²) in [6.07, 6.45) is 14.2. The van der Waals surface area contributed by atoms with Crippen molar-refractivity contribution in [1.29, 1.82) is 0 Å². The summed E-state index contributed by atoms with van der Waals surface area (Å²) < 4.78 is 5.11. The summed E-state index contributed by atoms with van der Waals surface area (Å²) in [5.74, 6) is -0.307. The van der Waals surface area contributed by atoms with Gasteiger partial charge in [-0.05, 0) is 19.8 Å². The molecule has 0 saturated carbocycles. The van der Waals surface area contributed by atoms with Crippen molar-refractivity contribution in [3.8, 4) is 0 Å². The maximum atomic E-state index is 10.9. The minimum Gasteiger partial charge on any atom is -0.460 e. The highest BCUT2D eigenvalue weighted by molar-refractivity contribution is 5.81. The van der Waals surface area contributed by atoms with Gasteiger partial charge >= 0.3 is 5.97 Å². The summed E-state index contributed by atoms with van der Waals surface area (Å²) in [5, 5.41) is 0. The lowest BCUT2D eigenvalue weighted by molar-refractivity contribution is -0.142. The minimum atomic E-state index is -0.307. The molecule has 0 aliphatic carbocycles. The van der Waals surface area contributed by atoms with Crippen molar-refractivity contribution in [2.75, 3.05) is 0 Å². The predicted molar refractivity (Wildman–Crippen MR) is 77.6 cm³/mol. The van der Waals surface area contributed by atoms with E-state index in [9.17, 15) is 4.79 Å². The molecule has 0 bridgehead atoms. The highest BCUT2D eigenvalue weighted by atomic mass is 16.5. The van der Waals surface area contributed by atoms with Gasteiger partial charge in [0.2, 0.25) is 0 Å². The summed E-state index contributed by atoms with van der Waals surface area (Å²) in [5.41, 5.74) is 0. The lowest BCUT2D eigenvalue weighted by Crippen LogP contribution is -2.12. The van der Waals surface area contributed by atoms with E-state index in [1.165, 1.54) is 57.4 Å².